The van der Waals surface area contributed by atoms with Crippen LogP contribution in [0, 0.1) is 11.8 Å². The van der Waals surface area contributed by atoms with Crippen molar-refractivity contribution in [3.8, 4) is 0 Å². The van der Waals surface area contributed by atoms with E-state index in [9.17, 15) is 19.2 Å². The maximum atomic E-state index is 14.2. The quantitative estimate of drug-likeness (QED) is 0.506. The molecule has 0 saturated carbocycles. The molecule has 198 valence electrons. The summed E-state index contributed by atoms with van der Waals surface area (Å²) in [5, 5.41) is 8.40. The Morgan fingerprint density at radius 2 is 1.76 bits per heavy atom. The summed E-state index contributed by atoms with van der Waals surface area (Å²) in [5.74, 6) is -1.32. The molecule has 9 heteroatoms. The standard InChI is InChI=1S/C28H36N4O5/c1-15(2)10-21-26(34)31-23(19-11-17-8-6-7-9-18(17)12-19)28(36)32(21)24(27(35)30-16(3)4)22-13-20(14-37-22)25(33)29-5/h6-9,13-16,19,21,23-24H,10-12H2,1-5H3,(H,29,33)(H,30,35)(H,31,34)/t21-,23-,24?/m1/s1. The summed E-state index contributed by atoms with van der Waals surface area (Å²) in [5.41, 5.74) is 2.57. The minimum atomic E-state index is -1.20. The molecule has 9 nitrogen and oxygen atoms in total. The fourth-order valence-corrected chi connectivity index (χ4v) is 5.39. The van der Waals surface area contributed by atoms with Crippen LogP contribution in [0.3, 0.4) is 0 Å². The monoisotopic (exact) mass is 508 g/mol. The van der Waals surface area contributed by atoms with Crippen molar-refractivity contribution >= 4 is 23.6 Å². The van der Waals surface area contributed by atoms with Crippen LogP contribution in [0.1, 0.15) is 67.4 Å². The molecule has 37 heavy (non-hydrogen) atoms. The highest BCUT2D eigenvalue weighted by Gasteiger charge is 2.50. The van der Waals surface area contributed by atoms with Gasteiger partial charge in [0.15, 0.2) is 6.04 Å². The lowest BCUT2D eigenvalue weighted by Crippen LogP contribution is -2.67. The van der Waals surface area contributed by atoms with Crippen LogP contribution in [0.4, 0.5) is 0 Å². The van der Waals surface area contributed by atoms with Crippen molar-refractivity contribution in [2.45, 2.75) is 71.1 Å². The lowest BCUT2D eigenvalue weighted by atomic mass is 9.88. The minimum absolute atomic E-state index is 0.0881. The van der Waals surface area contributed by atoms with E-state index in [1.807, 2.05) is 52.0 Å². The van der Waals surface area contributed by atoms with Gasteiger partial charge in [-0.3, -0.25) is 19.2 Å². The molecule has 2 aliphatic rings. The van der Waals surface area contributed by atoms with Crippen molar-refractivity contribution < 1.29 is 23.6 Å². The van der Waals surface area contributed by atoms with Gasteiger partial charge in [-0.05, 0) is 62.1 Å². The molecule has 1 fully saturated rings. The van der Waals surface area contributed by atoms with Crippen LogP contribution in [0.15, 0.2) is 41.0 Å². The molecular formula is C28H36N4O5. The minimum Gasteiger partial charge on any atom is -0.466 e. The van der Waals surface area contributed by atoms with Crippen molar-refractivity contribution in [3.05, 3.63) is 59.0 Å². The molecule has 0 bridgehead atoms. The Morgan fingerprint density at radius 3 is 2.32 bits per heavy atom. The van der Waals surface area contributed by atoms with E-state index in [2.05, 4.69) is 16.0 Å². The van der Waals surface area contributed by atoms with Crippen LogP contribution in [0.5, 0.6) is 0 Å². The molecule has 1 aliphatic carbocycles. The molecule has 2 heterocycles. The summed E-state index contributed by atoms with van der Waals surface area (Å²) in [7, 11) is 1.50. The van der Waals surface area contributed by atoms with Crippen LogP contribution >= 0.6 is 0 Å². The average Bonchev–Trinajstić information content (AvgIpc) is 3.49. The van der Waals surface area contributed by atoms with E-state index < -0.39 is 24.0 Å². The number of piperazine rings is 1. The van der Waals surface area contributed by atoms with Crippen molar-refractivity contribution in [2.24, 2.45) is 11.8 Å². The van der Waals surface area contributed by atoms with E-state index in [0.29, 0.717) is 19.3 Å². The first-order valence-corrected chi connectivity index (χ1v) is 12.9. The molecule has 4 amide bonds. The third-order valence-corrected chi connectivity index (χ3v) is 7.04. The van der Waals surface area contributed by atoms with E-state index in [1.165, 1.54) is 35.4 Å². The summed E-state index contributed by atoms with van der Waals surface area (Å²) in [6, 6.07) is 6.47. The summed E-state index contributed by atoms with van der Waals surface area (Å²) in [6.45, 7) is 7.58. The molecular weight excluding hydrogens is 472 g/mol. The molecule has 2 aromatic rings. The highest BCUT2D eigenvalue weighted by atomic mass is 16.3. The van der Waals surface area contributed by atoms with E-state index in [4.69, 9.17) is 4.42 Å². The van der Waals surface area contributed by atoms with Crippen LogP contribution in [-0.2, 0) is 27.2 Å². The van der Waals surface area contributed by atoms with Crippen LogP contribution < -0.4 is 16.0 Å². The van der Waals surface area contributed by atoms with Crippen molar-refractivity contribution in [1.82, 2.24) is 20.9 Å². The summed E-state index contributed by atoms with van der Waals surface area (Å²) >= 11 is 0. The first-order valence-electron chi connectivity index (χ1n) is 12.9. The fraction of sp³-hybridized carbons (Fsp3) is 0.500. The van der Waals surface area contributed by atoms with Crippen molar-refractivity contribution in [2.75, 3.05) is 7.05 Å². The van der Waals surface area contributed by atoms with Gasteiger partial charge >= 0.3 is 0 Å². The topological polar surface area (TPSA) is 121 Å². The second kappa shape index (κ2) is 10.8. The summed E-state index contributed by atoms with van der Waals surface area (Å²) in [4.78, 5) is 55.0. The Labute approximate surface area is 217 Å². The highest BCUT2D eigenvalue weighted by Crippen LogP contribution is 2.35. The van der Waals surface area contributed by atoms with Gasteiger partial charge in [-0.15, -0.1) is 0 Å². The van der Waals surface area contributed by atoms with Gasteiger partial charge in [-0.2, -0.15) is 0 Å². The zero-order chi connectivity index (χ0) is 26.9. The molecule has 1 aromatic heterocycles. The zero-order valence-corrected chi connectivity index (χ0v) is 22.0. The van der Waals surface area contributed by atoms with E-state index in [0.717, 1.165) is 0 Å². The summed E-state index contributed by atoms with van der Waals surface area (Å²) in [6.07, 6.45) is 2.98. The Bertz CT molecular complexity index is 1160. The van der Waals surface area contributed by atoms with E-state index >= 15 is 0 Å². The average molecular weight is 509 g/mol. The number of furan rings is 1. The molecule has 0 radical (unpaired) electrons. The van der Waals surface area contributed by atoms with Crippen LogP contribution in [-0.4, -0.2) is 53.7 Å². The van der Waals surface area contributed by atoms with Gasteiger partial charge in [0.05, 0.1) is 5.56 Å². The number of nitrogens with zero attached hydrogens (tertiary/aromatic N) is 1. The lowest BCUT2D eigenvalue weighted by molar-refractivity contribution is -0.158. The van der Waals surface area contributed by atoms with Gasteiger partial charge < -0.3 is 25.3 Å². The van der Waals surface area contributed by atoms with Gasteiger partial charge in [0, 0.05) is 13.1 Å². The van der Waals surface area contributed by atoms with Gasteiger partial charge in [-0.1, -0.05) is 38.1 Å². The van der Waals surface area contributed by atoms with Crippen LogP contribution in [0.25, 0.3) is 0 Å². The Morgan fingerprint density at radius 1 is 1.11 bits per heavy atom. The molecule has 1 unspecified atom stereocenters. The third-order valence-electron chi connectivity index (χ3n) is 7.04. The van der Waals surface area contributed by atoms with Gasteiger partial charge in [0.25, 0.3) is 11.8 Å². The smallest absolute Gasteiger partial charge is 0.254 e. The van der Waals surface area contributed by atoms with E-state index in [-0.39, 0.29) is 46.9 Å². The van der Waals surface area contributed by atoms with Crippen molar-refractivity contribution in [3.63, 3.8) is 0 Å². The fourth-order valence-electron chi connectivity index (χ4n) is 5.39. The van der Waals surface area contributed by atoms with Gasteiger partial charge in [0.1, 0.15) is 24.1 Å². The molecule has 1 saturated heterocycles. The maximum absolute atomic E-state index is 14.2. The second-order valence-corrected chi connectivity index (χ2v) is 10.7. The highest BCUT2D eigenvalue weighted by molar-refractivity contribution is 6.00. The third kappa shape index (κ3) is 5.40. The Kier molecular flexibility index (Phi) is 7.71. The van der Waals surface area contributed by atoms with Gasteiger partial charge in [-0.25, -0.2) is 0 Å². The number of amides is 4. The Hall–Kier alpha value is -3.62. The number of fused-ring (bicyclic) bond motifs is 1. The van der Waals surface area contributed by atoms with Crippen molar-refractivity contribution in [1.29, 1.82) is 0 Å². The van der Waals surface area contributed by atoms with Gasteiger partial charge in [0.2, 0.25) is 11.8 Å². The predicted molar refractivity (Wildman–Crippen MR) is 137 cm³/mol. The second-order valence-electron chi connectivity index (χ2n) is 10.7. The normalized spacial score (nSPS) is 20.7. The van der Waals surface area contributed by atoms with E-state index in [1.54, 1.807) is 0 Å². The molecule has 1 aromatic carbocycles. The number of rotatable bonds is 8. The number of carbonyl (C=O) groups is 4. The maximum Gasteiger partial charge on any atom is 0.254 e. The number of carbonyl (C=O) groups excluding carboxylic acids is 4. The first kappa shape index (κ1) is 26.4. The Balaban J connectivity index is 1.75. The number of nitrogens with one attached hydrogen (secondary N) is 3. The number of hydrogen-bond donors (Lipinski definition) is 3. The lowest BCUT2D eigenvalue weighted by Gasteiger charge is -2.44. The molecule has 4 rings (SSSR count). The SMILES string of the molecule is CNC(=O)c1coc(C(C(=O)NC(C)C)N2C(=O)[C@@H](C3Cc4ccccc4C3)NC(=O)[C@H]2CC(C)C)c1. The molecule has 3 N–H and O–H groups in total. The molecule has 0 spiro atoms. The number of hydrogen-bond acceptors (Lipinski definition) is 5. The first-order chi connectivity index (χ1) is 17.6. The predicted octanol–water partition coefficient (Wildman–Crippen LogP) is 2.36. The molecule has 1 aliphatic heterocycles. The zero-order valence-electron chi connectivity index (χ0n) is 22.0. The number of benzene rings is 1. The summed E-state index contributed by atoms with van der Waals surface area (Å²) < 4.78 is 5.71. The largest absolute Gasteiger partial charge is 0.466 e. The van der Waals surface area contributed by atoms with Crippen LogP contribution in [0.2, 0.25) is 0 Å². The molecule has 3 atom stereocenters.